The van der Waals surface area contributed by atoms with Crippen molar-refractivity contribution in [2.24, 2.45) is 0 Å². The summed E-state index contributed by atoms with van der Waals surface area (Å²) in [6, 6.07) is 4.48. The van der Waals surface area contributed by atoms with Crippen LogP contribution in [0.1, 0.15) is 20.8 Å². The maximum atomic E-state index is 11.8. The molecule has 0 saturated carbocycles. The van der Waals surface area contributed by atoms with E-state index < -0.39 is 5.97 Å². The van der Waals surface area contributed by atoms with Crippen molar-refractivity contribution in [1.29, 1.82) is 0 Å². The molecule has 0 fully saturated rings. The Kier molecular flexibility index (Phi) is 4.53. The van der Waals surface area contributed by atoms with Crippen LogP contribution in [-0.4, -0.2) is 43.6 Å². The summed E-state index contributed by atoms with van der Waals surface area (Å²) in [5, 5.41) is 27.9. The van der Waals surface area contributed by atoms with E-state index in [1.165, 1.54) is 16.9 Å². The van der Waals surface area contributed by atoms with Crippen molar-refractivity contribution in [3.63, 3.8) is 0 Å². The monoisotopic (exact) mass is 354 g/mol. The van der Waals surface area contributed by atoms with E-state index in [9.17, 15) is 14.7 Å². The molecule has 0 aliphatic carbocycles. The number of phenols is 1. The van der Waals surface area contributed by atoms with Gasteiger partial charge in [0.25, 0.3) is 5.91 Å². The molecule has 1 aromatic heterocycles. The Morgan fingerprint density at radius 3 is 2.76 bits per heavy atom. The van der Waals surface area contributed by atoms with E-state index in [2.05, 4.69) is 31.6 Å². The summed E-state index contributed by atoms with van der Waals surface area (Å²) in [5.41, 5.74) is 0.166. The van der Waals surface area contributed by atoms with Gasteiger partial charge in [0.2, 0.25) is 0 Å². The van der Waals surface area contributed by atoms with E-state index in [4.69, 9.17) is 5.11 Å². The van der Waals surface area contributed by atoms with Gasteiger partial charge in [0.1, 0.15) is 5.75 Å². The fraction of sp³-hybridized carbons (Fsp3) is 0.167. The quantitative estimate of drug-likeness (QED) is 0.733. The van der Waals surface area contributed by atoms with Crippen LogP contribution in [0.3, 0.4) is 0 Å². The van der Waals surface area contributed by atoms with E-state index >= 15 is 0 Å². The largest absolute Gasteiger partial charge is 0.507 e. The van der Waals surface area contributed by atoms with E-state index in [1.54, 1.807) is 12.1 Å². The van der Waals surface area contributed by atoms with Gasteiger partial charge in [0.15, 0.2) is 5.69 Å². The maximum absolute atomic E-state index is 11.8. The second-order valence-electron chi connectivity index (χ2n) is 4.09. The number of benzene rings is 1. The van der Waals surface area contributed by atoms with Crippen LogP contribution in [0.4, 0.5) is 0 Å². The Morgan fingerprint density at radius 1 is 1.38 bits per heavy atom. The molecule has 3 N–H and O–H groups in total. The lowest BCUT2D eigenvalue weighted by Gasteiger charge is -2.06. The molecule has 0 spiro atoms. The smallest absolute Gasteiger partial charge is 0.358 e. The van der Waals surface area contributed by atoms with Gasteiger partial charge in [-0.15, -0.1) is 5.10 Å². The maximum Gasteiger partial charge on any atom is 0.358 e. The van der Waals surface area contributed by atoms with Crippen molar-refractivity contribution in [3.05, 3.63) is 40.1 Å². The van der Waals surface area contributed by atoms with Crippen LogP contribution in [0.15, 0.2) is 28.9 Å². The van der Waals surface area contributed by atoms with Crippen LogP contribution in [0.5, 0.6) is 5.75 Å². The fourth-order valence-electron chi connectivity index (χ4n) is 1.55. The number of carboxylic acid groups (broad SMARTS) is 1. The number of nitrogens with zero attached hydrogens (tertiary/aromatic N) is 3. The van der Waals surface area contributed by atoms with Crippen molar-refractivity contribution < 1.29 is 19.8 Å². The molecule has 0 bridgehead atoms. The van der Waals surface area contributed by atoms with Gasteiger partial charge >= 0.3 is 5.97 Å². The minimum atomic E-state index is -1.16. The van der Waals surface area contributed by atoms with Crippen LogP contribution in [0.25, 0.3) is 0 Å². The van der Waals surface area contributed by atoms with Gasteiger partial charge < -0.3 is 15.5 Å². The SMILES string of the molecule is O=C(NCCn1cc(C(=O)O)nn1)c1ccc(Br)c(O)c1. The minimum Gasteiger partial charge on any atom is -0.507 e. The van der Waals surface area contributed by atoms with E-state index in [-0.39, 0.29) is 30.4 Å². The van der Waals surface area contributed by atoms with Crippen molar-refractivity contribution >= 4 is 27.8 Å². The molecule has 1 aromatic carbocycles. The highest BCUT2D eigenvalue weighted by Crippen LogP contribution is 2.24. The lowest BCUT2D eigenvalue weighted by Crippen LogP contribution is -2.27. The average molecular weight is 355 g/mol. The molecular weight excluding hydrogens is 344 g/mol. The number of carbonyl (C=O) groups excluding carboxylic acids is 1. The Bertz CT molecular complexity index is 686. The summed E-state index contributed by atoms with van der Waals surface area (Å²) in [6.07, 6.45) is 1.28. The van der Waals surface area contributed by atoms with Crippen LogP contribution in [0.2, 0.25) is 0 Å². The molecule has 0 unspecified atom stereocenters. The molecule has 0 aliphatic rings. The Morgan fingerprint density at radius 2 is 2.14 bits per heavy atom. The number of carbonyl (C=O) groups is 2. The standard InChI is InChI=1S/C12H11BrN4O4/c13-8-2-1-7(5-10(8)18)11(19)14-3-4-17-6-9(12(20)21)15-16-17/h1-2,5-6,18H,3-4H2,(H,14,19)(H,20,21). The highest BCUT2D eigenvalue weighted by molar-refractivity contribution is 9.10. The first-order valence-corrected chi connectivity index (χ1v) is 6.67. The van der Waals surface area contributed by atoms with E-state index in [0.29, 0.717) is 10.0 Å². The number of halogens is 1. The predicted octanol–water partition coefficient (Wildman–Crippen LogP) is 0.874. The number of phenolic OH excluding ortho intramolecular Hbond substituents is 1. The van der Waals surface area contributed by atoms with E-state index in [1.807, 2.05) is 0 Å². The van der Waals surface area contributed by atoms with E-state index in [0.717, 1.165) is 0 Å². The summed E-state index contributed by atoms with van der Waals surface area (Å²) in [4.78, 5) is 22.5. The van der Waals surface area contributed by atoms with Gasteiger partial charge in [-0.3, -0.25) is 4.79 Å². The van der Waals surface area contributed by atoms with Gasteiger partial charge in [-0.1, -0.05) is 5.21 Å². The van der Waals surface area contributed by atoms with Crippen LogP contribution >= 0.6 is 15.9 Å². The molecule has 0 radical (unpaired) electrons. The minimum absolute atomic E-state index is 0.0231. The first kappa shape index (κ1) is 15.0. The Hall–Kier alpha value is -2.42. The highest BCUT2D eigenvalue weighted by atomic mass is 79.9. The lowest BCUT2D eigenvalue weighted by molar-refractivity contribution is 0.0690. The zero-order valence-electron chi connectivity index (χ0n) is 10.7. The number of rotatable bonds is 5. The van der Waals surface area contributed by atoms with Gasteiger partial charge in [0, 0.05) is 12.1 Å². The van der Waals surface area contributed by atoms with Crippen molar-refractivity contribution in [3.8, 4) is 5.75 Å². The van der Waals surface area contributed by atoms with Gasteiger partial charge in [-0.25, -0.2) is 9.48 Å². The molecule has 2 rings (SSSR count). The Labute approximate surface area is 127 Å². The number of aromatic carboxylic acids is 1. The highest BCUT2D eigenvalue weighted by Gasteiger charge is 2.10. The second-order valence-corrected chi connectivity index (χ2v) is 4.95. The normalized spacial score (nSPS) is 10.3. The van der Waals surface area contributed by atoms with Crippen LogP contribution in [0, 0.1) is 0 Å². The molecule has 0 atom stereocenters. The third kappa shape index (κ3) is 3.78. The van der Waals surface area contributed by atoms with Crippen molar-refractivity contribution in [2.45, 2.75) is 6.54 Å². The third-order valence-electron chi connectivity index (χ3n) is 2.59. The van der Waals surface area contributed by atoms with Crippen molar-refractivity contribution in [2.75, 3.05) is 6.54 Å². The molecule has 9 heteroatoms. The number of carboxylic acids is 1. The molecular formula is C12H11BrN4O4. The molecule has 8 nitrogen and oxygen atoms in total. The first-order valence-electron chi connectivity index (χ1n) is 5.87. The van der Waals surface area contributed by atoms with Crippen LogP contribution < -0.4 is 5.32 Å². The third-order valence-corrected chi connectivity index (χ3v) is 3.26. The summed E-state index contributed by atoms with van der Waals surface area (Å²) in [5.74, 6) is -1.53. The van der Waals surface area contributed by atoms with Gasteiger partial charge in [0.05, 0.1) is 17.2 Å². The molecule has 0 aliphatic heterocycles. The molecule has 21 heavy (non-hydrogen) atoms. The van der Waals surface area contributed by atoms with Gasteiger partial charge in [-0.2, -0.15) is 0 Å². The van der Waals surface area contributed by atoms with Crippen LogP contribution in [-0.2, 0) is 6.54 Å². The Balaban J connectivity index is 1.88. The van der Waals surface area contributed by atoms with Gasteiger partial charge in [-0.05, 0) is 34.1 Å². The molecule has 1 heterocycles. The second kappa shape index (κ2) is 6.35. The number of hydrogen-bond donors (Lipinski definition) is 3. The average Bonchev–Trinajstić information content (AvgIpc) is 2.91. The molecule has 1 amide bonds. The number of amides is 1. The van der Waals surface area contributed by atoms with Crippen molar-refractivity contribution in [1.82, 2.24) is 20.3 Å². The number of aromatic nitrogens is 3. The number of hydrogen-bond acceptors (Lipinski definition) is 5. The zero-order valence-corrected chi connectivity index (χ0v) is 12.2. The zero-order chi connectivity index (χ0) is 15.4. The predicted molar refractivity (Wildman–Crippen MR) is 75.1 cm³/mol. The fourth-order valence-corrected chi connectivity index (χ4v) is 1.79. The summed E-state index contributed by atoms with van der Waals surface area (Å²) < 4.78 is 1.82. The number of aromatic hydroxyl groups is 1. The topological polar surface area (TPSA) is 117 Å². The first-order chi connectivity index (χ1) is 9.97. The summed E-state index contributed by atoms with van der Waals surface area (Å²) >= 11 is 3.13. The summed E-state index contributed by atoms with van der Waals surface area (Å²) in [6.45, 7) is 0.534. The molecule has 0 saturated heterocycles. The number of nitrogens with one attached hydrogen (secondary N) is 1. The molecule has 2 aromatic rings. The molecule has 110 valence electrons. The lowest BCUT2D eigenvalue weighted by atomic mass is 10.2. The summed E-state index contributed by atoms with van der Waals surface area (Å²) in [7, 11) is 0.